The molecule has 3 N–H and O–H groups in total. The van der Waals surface area contributed by atoms with Crippen LogP contribution in [0.2, 0.25) is 0 Å². The molecule has 4 amide bonds. The highest BCUT2D eigenvalue weighted by atomic mass is 16.2. The summed E-state index contributed by atoms with van der Waals surface area (Å²) in [5, 5.41) is 13.1. The maximum atomic E-state index is 13.6. The first-order valence-corrected chi connectivity index (χ1v) is 16.8. The lowest BCUT2D eigenvalue weighted by Gasteiger charge is -2.44. The fraction of sp³-hybridized carbons (Fsp3) is 0.618. The number of piperazine rings is 1. The van der Waals surface area contributed by atoms with Crippen molar-refractivity contribution in [3.05, 3.63) is 53.3 Å². The van der Waals surface area contributed by atoms with Crippen LogP contribution in [0.4, 0.5) is 0 Å². The number of carbonyl (C=O) groups is 4. The highest BCUT2D eigenvalue weighted by Gasteiger charge is 2.35. The number of hydrogen-bond acceptors (Lipinski definition) is 6. The van der Waals surface area contributed by atoms with Crippen molar-refractivity contribution in [2.75, 3.05) is 26.2 Å². The van der Waals surface area contributed by atoms with Gasteiger partial charge in [-0.25, -0.2) is 0 Å². The first-order chi connectivity index (χ1) is 21.8. The van der Waals surface area contributed by atoms with Crippen LogP contribution in [0.15, 0.2) is 36.5 Å². The monoisotopic (exact) mass is 619 g/mol. The average molecular weight is 620 g/mol. The average Bonchev–Trinajstić information content (AvgIpc) is 3.51. The molecule has 11 heteroatoms. The minimum Gasteiger partial charge on any atom is -0.350 e. The summed E-state index contributed by atoms with van der Waals surface area (Å²) in [4.78, 5) is 56.9. The molecule has 11 nitrogen and oxygen atoms in total. The summed E-state index contributed by atoms with van der Waals surface area (Å²) in [7, 11) is 1.71. The van der Waals surface area contributed by atoms with Crippen molar-refractivity contribution in [1.82, 2.24) is 35.5 Å². The van der Waals surface area contributed by atoms with Gasteiger partial charge in [-0.15, -0.1) is 0 Å². The fourth-order valence-electron chi connectivity index (χ4n) is 7.08. The molecule has 1 aromatic heterocycles. The zero-order chi connectivity index (χ0) is 31.8. The zero-order valence-corrected chi connectivity index (χ0v) is 26.8. The van der Waals surface area contributed by atoms with E-state index >= 15 is 0 Å². The van der Waals surface area contributed by atoms with Crippen LogP contribution in [-0.2, 0) is 34.4 Å². The Morgan fingerprint density at radius 1 is 0.889 bits per heavy atom. The number of rotatable bonds is 11. The van der Waals surface area contributed by atoms with Crippen LogP contribution in [0.25, 0.3) is 0 Å². The van der Waals surface area contributed by atoms with E-state index in [-0.39, 0.29) is 29.5 Å². The van der Waals surface area contributed by atoms with E-state index in [2.05, 4.69) is 25.9 Å². The number of carbonyl (C=O) groups excluding carboxylic acids is 4. The second kappa shape index (κ2) is 15.5. The number of piperidine rings is 1. The smallest absolute Gasteiger partial charge is 0.270 e. The molecule has 0 unspecified atom stereocenters. The fourth-order valence-corrected chi connectivity index (χ4v) is 7.08. The Morgan fingerprint density at radius 2 is 1.62 bits per heavy atom. The second-order valence-electron chi connectivity index (χ2n) is 12.9. The summed E-state index contributed by atoms with van der Waals surface area (Å²) in [6.45, 7) is 5.53. The number of benzene rings is 1. The molecule has 0 bridgehead atoms. The van der Waals surface area contributed by atoms with Crippen molar-refractivity contribution < 1.29 is 19.2 Å². The van der Waals surface area contributed by atoms with Crippen LogP contribution < -0.4 is 16.0 Å². The largest absolute Gasteiger partial charge is 0.350 e. The normalized spacial score (nSPS) is 20.5. The maximum Gasteiger partial charge on any atom is 0.270 e. The van der Waals surface area contributed by atoms with Crippen LogP contribution in [0.1, 0.15) is 86.3 Å². The molecule has 2 aromatic rings. The van der Waals surface area contributed by atoms with E-state index < -0.39 is 12.1 Å². The van der Waals surface area contributed by atoms with Crippen LogP contribution in [0.3, 0.4) is 0 Å². The highest BCUT2D eigenvalue weighted by Crippen LogP contribution is 2.27. The predicted octanol–water partition coefficient (Wildman–Crippen LogP) is 2.55. The van der Waals surface area contributed by atoms with Crippen molar-refractivity contribution >= 4 is 23.6 Å². The van der Waals surface area contributed by atoms with Gasteiger partial charge in [0.2, 0.25) is 17.7 Å². The van der Waals surface area contributed by atoms with Crippen molar-refractivity contribution in [3.8, 4) is 0 Å². The van der Waals surface area contributed by atoms with E-state index in [1.165, 1.54) is 17.5 Å². The highest BCUT2D eigenvalue weighted by molar-refractivity contribution is 5.96. The summed E-state index contributed by atoms with van der Waals surface area (Å²) in [5.74, 6) is -0.545. The van der Waals surface area contributed by atoms with Crippen LogP contribution in [-0.4, -0.2) is 87.5 Å². The van der Waals surface area contributed by atoms with Gasteiger partial charge in [-0.05, 0) is 55.3 Å². The van der Waals surface area contributed by atoms with Gasteiger partial charge in [-0.2, -0.15) is 5.10 Å². The molecular weight excluding hydrogens is 570 g/mol. The number of nitrogens with one attached hydrogen (secondary N) is 3. The molecule has 3 fully saturated rings. The maximum absolute atomic E-state index is 13.6. The minimum absolute atomic E-state index is 0.0136. The first kappa shape index (κ1) is 32.7. The summed E-state index contributed by atoms with van der Waals surface area (Å²) in [6, 6.07) is 8.65. The van der Waals surface area contributed by atoms with Gasteiger partial charge < -0.3 is 20.9 Å². The van der Waals surface area contributed by atoms with Gasteiger partial charge in [0.25, 0.3) is 5.91 Å². The summed E-state index contributed by atoms with van der Waals surface area (Å²) in [5.41, 5.74) is 2.28. The molecule has 3 atom stereocenters. The lowest BCUT2D eigenvalue weighted by molar-refractivity contribution is -0.139. The molecule has 0 spiro atoms. The molecule has 45 heavy (non-hydrogen) atoms. The minimum atomic E-state index is -0.614. The van der Waals surface area contributed by atoms with Gasteiger partial charge in [-0.1, -0.05) is 56.9 Å². The Bertz CT molecular complexity index is 1320. The molecule has 1 aromatic carbocycles. The van der Waals surface area contributed by atoms with Crippen molar-refractivity contribution in [3.63, 3.8) is 0 Å². The number of aromatic nitrogens is 2. The molecule has 3 heterocycles. The molecular formula is C34H49N7O4. The summed E-state index contributed by atoms with van der Waals surface area (Å²) >= 11 is 0. The first-order valence-electron chi connectivity index (χ1n) is 16.8. The summed E-state index contributed by atoms with van der Waals surface area (Å²) in [6.07, 6.45) is 10.9. The van der Waals surface area contributed by atoms with E-state index in [1.807, 2.05) is 29.2 Å². The Balaban J connectivity index is 1.19. The molecule has 2 saturated heterocycles. The molecule has 1 aliphatic carbocycles. The molecule has 244 valence electrons. The van der Waals surface area contributed by atoms with Crippen LogP contribution in [0.5, 0.6) is 0 Å². The SMILES string of the molecule is CCC(=O)N[C@H](Cc1ccc(CNC(=O)[C@@H](NC(=O)c2ccnn2C)C2CCCCC2)cc1)C(=O)N1CCN2CCCC[C@@H]2C1. The standard InChI is InChI=1S/C34H49N7O4/c1-3-30(42)37-28(34(45)41-20-19-40-18-8-7-11-27(40)23-41)21-24-12-14-25(15-13-24)22-35-33(44)31(26-9-5-4-6-10-26)38-32(43)29-16-17-36-39(29)2/h12-17,26-28,31H,3-11,18-23H2,1-2H3,(H,35,44)(H,37,42)(H,38,43)/t27-,28-,31+/m1/s1. The lowest BCUT2D eigenvalue weighted by Crippen LogP contribution is -2.59. The van der Waals surface area contributed by atoms with Gasteiger partial charge in [0.1, 0.15) is 17.8 Å². The number of nitrogens with zero attached hydrogens (tertiary/aromatic N) is 4. The predicted molar refractivity (Wildman–Crippen MR) is 171 cm³/mol. The second-order valence-corrected chi connectivity index (χ2v) is 12.9. The topological polar surface area (TPSA) is 129 Å². The van der Waals surface area contributed by atoms with E-state index in [9.17, 15) is 19.2 Å². The van der Waals surface area contributed by atoms with Crippen molar-refractivity contribution in [1.29, 1.82) is 0 Å². The van der Waals surface area contributed by atoms with Gasteiger partial charge in [-0.3, -0.25) is 28.8 Å². The third kappa shape index (κ3) is 8.51. The Hall–Kier alpha value is -3.73. The van der Waals surface area contributed by atoms with Crippen LogP contribution in [0, 0.1) is 5.92 Å². The Kier molecular flexibility index (Phi) is 11.3. The molecule has 3 aliphatic rings. The Morgan fingerprint density at radius 3 is 2.33 bits per heavy atom. The van der Waals surface area contributed by atoms with E-state index in [4.69, 9.17) is 0 Å². The third-order valence-corrected chi connectivity index (χ3v) is 9.78. The zero-order valence-electron chi connectivity index (χ0n) is 26.8. The summed E-state index contributed by atoms with van der Waals surface area (Å²) < 4.78 is 1.51. The molecule has 0 radical (unpaired) electrons. The van der Waals surface area contributed by atoms with Crippen molar-refractivity contribution in [2.24, 2.45) is 13.0 Å². The quantitative estimate of drug-likeness (QED) is 0.355. The van der Waals surface area contributed by atoms with E-state index in [0.717, 1.165) is 69.3 Å². The van der Waals surface area contributed by atoms with Gasteiger partial charge in [0.05, 0.1) is 0 Å². The van der Waals surface area contributed by atoms with Gasteiger partial charge >= 0.3 is 0 Å². The van der Waals surface area contributed by atoms with Gasteiger partial charge in [0.15, 0.2) is 0 Å². The van der Waals surface area contributed by atoms with Gasteiger partial charge in [0, 0.05) is 58.3 Å². The molecule has 1 saturated carbocycles. The number of fused-ring (bicyclic) bond motifs is 1. The molecule has 2 aliphatic heterocycles. The number of aryl methyl sites for hydroxylation is 1. The Labute approximate surface area is 266 Å². The molecule has 5 rings (SSSR count). The lowest BCUT2D eigenvalue weighted by atomic mass is 9.83. The number of amides is 4. The van der Waals surface area contributed by atoms with Crippen molar-refractivity contribution in [2.45, 2.75) is 95.8 Å². The van der Waals surface area contributed by atoms with Crippen LogP contribution >= 0.6 is 0 Å². The number of hydrogen-bond donors (Lipinski definition) is 3. The van der Waals surface area contributed by atoms with E-state index in [0.29, 0.717) is 37.7 Å². The third-order valence-electron chi connectivity index (χ3n) is 9.78. The van der Waals surface area contributed by atoms with E-state index in [1.54, 1.807) is 26.2 Å².